The van der Waals surface area contributed by atoms with Crippen LogP contribution in [0.1, 0.15) is 6.42 Å². The van der Waals surface area contributed by atoms with Crippen LogP contribution in [0.4, 0.5) is 16.0 Å². The summed E-state index contributed by atoms with van der Waals surface area (Å²) >= 11 is 5.81. The molecule has 0 aliphatic heterocycles. The van der Waals surface area contributed by atoms with E-state index in [1.807, 2.05) is 0 Å². The molecule has 1 aliphatic rings. The minimum atomic E-state index is -1.03. The zero-order valence-corrected chi connectivity index (χ0v) is 10.5. The molecule has 1 aliphatic carbocycles. The highest BCUT2D eigenvalue weighted by molar-refractivity contribution is 6.30. The van der Waals surface area contributed by atoms with Gasteiger partial charge in [0.05, 0.1) is 5.92 Å². The zero-order chi connectivity index (χ0) is 13.6. The molecule has 0 spiro atoms. The Balaban J connectivity index is 1.91. The number of nitrogens with two attached hydrogens (primary N) is 1. The van der Waals surface area contributed by atoms with Gasteiger partial charge in [0.15, 0.2) is 0 Å². The van der Waals surface area contributed by atoms with Crippen LogP contribution in [-0.4, -0.2) is 22.0 Å². The fourth-order valence-corrected chi connectivity index (χ4v) is 2.07. The first-order valence-electron chi connectivity index (χ1n) is 5.71. The fourth-order valence-electron chi connectivity index (χ4n) is 1.86. The molecule has 0 radical (unpaired) electrons. The van der Waals surface area contributed by atoms with Gasteiger partial charge in [0, 0.05) is 11.6 Å². The van der Waals surface area contributed by atoms with E-state index in [0.717, 1.165) is 5.39 Å². The summed E-state index contributed by atoms with van der Waals surface area (Å²) in [4.78, 5) is 19.6. The van der Waals surface area contributed by atoms with Gasteiger partial charge >= 0.3 is 0 Å². The van der Waals surface area contributed by atoms with Gasteiger partial charge in [-0.15, -0.1) is 0 Å². The second-order valence-corrected chi connectivity index (χ2v) is 4.86. The third-order valence-corrected chi connectivity index (χ3v) is 3.21. The van der Waals surface area contributed by atoms with E-state index in [0.29, 0.717) is 11.2 Å². The molecule has 2 aromatic heterocycles. The second kappa shape index (κ2) is 4.31. The Bertz CT molecular complexity index is 678. The molecule has 98 valence electrons. The lowest BCUT2D eigenvalue weighted by Gasteiger charge is -2.06. The van der Waals surface area contributed by atoms with E-state index in [1.54, 1.807) is 12.1 Å². The van der Waals surface area contributed by atoms with Crippen LogP contribution in [0.2, 0.25) is 5.15 Å². The van der Waals surface area contributed by atoms with Crippen LogP contribution in [-0.2, 0) is 4.79 Å². The first-order valence-corrected chi connectivity index (χ1v) is 6.09. The average Bonchev–Trinajstić information content (AvgIpc) is 3.05. The minimum absolute atomic E-state index is 0.263. The summed E-state index contributed by atoms with van der Waals surface area (Å²) in [6, 6.07) is 3.26. The molecule has 1 saturated carbocycles. The van der Waals surface area contributed by atoms with Crippen LogP contribution in [0.15, 0.2) is 18.3 Å². The molecule has 1 unspecified atom stereocenters. The van der Waals surface area contributed by atoms with Crippen LogP contribution in [0.3, 0.4) is 0 Å². The van der Waals surface area contributed by atoms with E-state index in [1.165, 1.54) is 6.20 Å². The van der Waals surface area contributed by atoms with Gasteiger partial charge < -0.3 is 11.1 Å². The number of halogens is 2. The van der Waals surface area contributed by atoms with E-state index in [4.69, 9.17) is 17.3 Å². The van der Waals surface area contributed by atoms with Crippen molar-refractivity contribution in [2.45, 2.75) is 12.6 Å². The third-order valence-electron chi connectivity index (χ3n) is 3.01. The molecular weight excluding hydrogens is 271 g/mol. The van der Waals surface area contributed by atoms with E-state index in [2.05, 4.69) is 15.3 Å². The van der Waals surface area contributed by atoms with Crippen molar-refractivity contribution in [3.63, 3.8) is 0 Å². The lowest BCUT2D eigenvalue weighted by atomic mass is 10.2. The van der Waals surface area contributed by atoms with Crippen molar-refractivity contribution in [1.29, 1.82) is 0 Å². The summed E-state index contributed by atoms with van der Waals surface area (Å²) in [6.07, 6.45) is 0.751. The Kier molecular flexibility index (Phi) is 2.74. The van der Waals surface area contributed by atoms with Crippen molar-refractivity contribution in [3.05, 3.63) is 23.5 Å². The predicted molar refractivity (Wildman–Crippen MR) is 70.6 cm³/mol. The van der Waals surface area contributed by atoms with Crippen molar-refractivity contribution < 1.29 is 9.18 Å². The number of rotatable bonds is 2. The number of nitrogen functional groups attached to an aromatic ring is 1. The molecule has 2 atom stereocenters. The quantitative estimate of drug-likeness (QED) is 0.826. The molecule has 1 amide bonds. The van der Waals surface area contributed by atoms with Gasteiger partial charge in [0.25, 0.3) is 0 Å². The highest BCUT2D eigenvalue weighted by Gasteiger charge is 2.43. The number of amides is 1. The summed E-state index contributed by atoms with van der Waals surface area (Å²) in [5, 5.41) is 4.20. The highest BCUT2D eigenvalue weighted by atomic mass is 35.5. The smallest absolute Gasteiger partial charge is 0.231 e. The molecule has 2 aromatic rings. The SMILES string of the molecule is Nc1nc(Cl)cc2cc(NC(=O)C3C[C@@H]3F)ncc12. The predicted octanol–water partition coefficient (Wildman–Crippen LogP) is 2.16. The first kappa shape index (κ1) is 12.1. The zero-order valence-electron chi connectivity index (χ0n) is 9.73. The van der Waals surface area contributed by atoms with Crippen molar-refractivity contribution in [2.24, 2.45) is 5.92 Å². The van der Waals surface area contributed by atoms with Crippen LogP contribution in [0.25, 0.3) is 10.8 Å². The Labute approximate surface area is 113 Å². The molecule has 7 heteroatoms. The van der Waals surface area contributed by atoms with Gasteiger partial charge in [-0.3, -0.25) is 4.79 Å². The number of nitrogens with zero attached hydrogens (tertiary/aromatic N) is 2. The van der Waals surface area contributed by atoms with E-state index in [9.17, 15) is 9.18 Å². The van der Waals surface area contributed by atoms with Crippen molar-refractivity contribution in [2.75, 3.05) is 11.1 Å². The second-order valence-electron chi connectivity index (χ2n) is 4.47. The molecular formula is C12H10ClFN4O. The Morgan fingerprint density at radius 3 is 2.95 bits per heavy atom. The Morgan fingerprint density at radius 2 is 2.26 bits per heavy atom. The van der Waals surface area contributed by atoms with Gasteiger partial charge in [-0.25, -0.2) is 14.4 Å². The Morgan fingerprint density at radius 1 is 1.53 bits per heavy atom. The van der Waals surface area contributed by atoms with Gasteiger partial charge in [0.1, 0.15) is 23.0 Å². The number of aromatic nitrogens is 2. The molecule has 0 aromatic carbocycles. The van der Waals surface area contributed by atoms with Crippen LogP contribution in [0, 0.1) is 5.92 Å². The van der Waals surface area contributed by atoms with Gasteiger partial charge in [-0.1, -0.05) is 11.6 Å². The standard InChI is InChI=1S/C12H10ClFN4O/c13-9-1-5-2-10(16-4-7(5)11(15)17-9)18-12(19)6-3-8(6)14/h1-2,4,6,8H,3H2,(H2,15,17)(H,16,18,19)/t6?,8-/m0/s1. The molecule has 0 bridgehead atoms. The van der Waals surface area contributed by atoms with E-state index >= 15 is 0 Å². The first-order chi connectivity index (χ1) is 9.04. The monoisotopic (exact) mass is 280 g/mol. The largest absolute Gasteiger partial charge is 0.383 e. The van der Waals surface area contributed by atoms with Crippen LogP contribution < -0.4 is 11.1 Å². The summed E-state index contributed by atoms with van der Waals surface area (Å²) < 4.78 is 12.8. The third kappa shape index (κ3) is 2.31. The summed E-state index contributed by atoms with van der Waals surface area (Å²) in [6.45, 7) is 0. The topological polar surface area (TPSA) is 80.9 Å². The maximum Gasteiger partial charge on any atom is 0.231 e. The maximum atomic E-state index is 12.8. The number of anilines is 2. The molecule has 2 heterocycles. The number of fused-ring (bicyclic) bond motifs is 1. The number of pyridine rings is 2. The van der Waals surface area contributed by atoms with Crippen LogP contribution in [0.5, 0.6) is 0 Å². The fraction of sp³-hybridized carbons (Fsp3) is 0.250. The van der Waals surface area contributed by atoms with E-state index in [-0.39, 0.29) is 23.3 Å². The minimum Gasteiger partial charge on any atom is -0.383 e. The number of hydrogen-bond acceptors (Lipinski definition) is 4. The van der Waals surface area contributed by atoms with Gasteiger partial charge in [-0.2, -0.15) is 0 Å². The summed E-state index contributed by atoms with van der Waals surface area (Å²) in [5.41, 5.74) is 5.71. The van der Waals surface area contributed by atoms with Crippen LogP contribution >= 0.6 is 11.6 Å². The van der Waals surface area contributed by atoms with Crippen molar-refractivity contribution in [3.8, 4) is 0 Å². The lowest BCUT2D eigenvalue weighted by molar-refractivity contribution is -0.117. The number of alkyl halides is 1. The van der Waals surface area contributed by atoms with Crippen molar-refractivity contribution in [1.82, 2.24) is 9.97 Å². The van der Waals surface area contributed by atoms with Gasteiger partial charge in [0.2, 0.25) is 5.91 Å². The average molecular weight is 281 g/mol. The summed E-state index contributed by atoms with van der Waals surface area (Å²) in [7, 11) is 0. The number of hydrogen-bond donors (Lipinski definition) is 2. The molecule has 19 heavy (non-hydrogen) atoms. The number of carbonyl (C=O) groups excluding carboxylic acids is 1. The molecule has 1 fully saturated rings. The number of carbonyl (C=O) groups is 1. The van der Waals surface area contributed by atoms with Crippen molar-refractivity contribution >= 4 is 39.9 Å². The lowest BCUT2D eigenvalue weighted by Crippen LogP contribution is -2.15. The highest BCUT2D eigenvalue weighted by Crippen LogP contribution is 2.34. The molecule has 3 N–H and O–H groups in total. The van der Waals surface area contributed by atoms with E-state index < -0.39 is 12.1 Å². The Hall–Kier alpha value is -1.95. The summed E-state index contributed by atoms with van der Waals surface area (Å²) in [5.74, 6) is -0.284. The molecule has 0 saturated heterocycles. The molecule has 3 rings (SSSR count). The van der Waals surface area contributed by atoms with Gasteiger partial charge in [-0.05, 0) is 23.9 Å². The molecule has 5 nitrogen and oxygen atoms in total. The maximum absolute atomic E-state index is 12.8. The number of nitrogens with one attached hydrogen (secondary N) is 1. The normalized spacial score (nSPS) is 21.4.